The number of carbonyl (C=O) groups is 2. The minimum Gasteiger partial charge on any atom is -0.756 e. The fourth-order valence-corrected chi connectivity index (χ4v) is 9.10. The number of allylic oxidation sites excluding steroid dienone is 12. The van der Waals surface area contributed by atoms with Gasteiger partial charge in [-0.3, -0.25) is 14.2 Å². The smallest absolute Gasteiger partial charge is 0.306 e. The summed E-state index contributed by atoms with van der Waals surface area (Å²) in [7, 11) is 1.17. The Morgan fingerprint density at radius 1 is 0.438 bits per heavy atom. The number of unbranched alkanes of at least 4 members (excludes halogenated alkanes) is 29. The maximum absolute atomic E-state index is 12.7. The first kappa shape index (κ1) is 70.5. The Hall–Kier alpha value is -2.55. The molecule has 0 fully saturated rings. The largest absolute Gasteiger partial charge is 0.756 e. The van der Waals surface area contributed by atoms with E-state index in [0.717, 1.165) is 70.6 Å². The lowest BCUT2D eigenvalue weighted by Crippen LogP contribution is -2.37. The lowest BCUT2D eigenvalue weighted by molar-refractivity contribution is -0.870. The molecule has 0 saturated carbocycles. The molecule has 0 heterocycles. The van der Waals surface area contributed by atoms with Crippen molar-refractivity contribution in [1.82, 2.24) is 0 Å². The summed E-state index contributed by atoms with van der Waals surface area (Å²) in [6.07, 6.45) is 71.5. The van der Waals surface area contributed by atoms with Gasteiger partial charge in [-0.05, 0) is 64.2 Å². The van der Waals surface area contributed by atoms with Gasteiger partial charge in [0.05, 0.1) is 27.7 Å². The molecular formula is C63H114NO8P. The summed E-state index contributed by atoms with van der Waals surface area (Å²) >= 11 is 0. The van der Waals surface area contributed by atoms with E-state index in [4.69, 9.17) is 18.5 Å². The third kappa shape index (κ3) is 58.6. The number of phosphoric acid groups is 1. The van der Waals surface area contributed by atoms with Crippen LogP contribution in [0.1, 0.15) is 264 Å². The van der Waals surface area contributed by atoms with Crippen LogP contribution in [0, 0.1) is 0 Å². The molecule has 0 aliphatic carbocycles. The molecule has 0 aliphatic heterocycles. The van der Waals surface area contributed by atoms with Crippen LogP contribution in [0.2, 0.25) is 0 Å². The van der Waals surface area contributed by atoms with Crippen LogP contribution in [0.3, 0.4) is 0 Å². The zero-order valence-electron chi connectivity index (χ0n) is 48.1. The molecule has 0 aromatic heterocycles. The number of hydrogen-bond donors (Lipinski definition) is 0. The van der Waals surface area contributed by atoms with Crippen LogP contribution in [0.25, 0.3) is 0 Å². The van der Waals surface area contributed by atoms with Crippen molar-refractivity contribution < 1.29 is 42.1 Å². The minimum absolute atomic E-state index is 0.0294. The highest BCUT2D eigenvalue weighted by Gasteiger charge is 2.22. The zero-order chi connectivity index (χ0) is 53.5. The molecule has 0 bridgehead atoms. The first-order valence-electron chi connectivity index (χ1n) is 30.1. The van der Waals surface area contributed by atoms with Crippen LogP contribution in [0.15, 0.2) is 72.9 Å². The van der Waals surface area contributed by atoms with E-state index in [1.165, 1.54) is 161 Å². The van der Waals surface area contributed by atoms with Crippen molar-refractivity contribution >= 4 is 19.8 Å². The molecule has 0 aromatic carbocycles. The third-order valence-corrected chi connectivity index (χ3v) is 14.0. The fraction of sp³-hybridized carbons (Fsp3) is 0.778. The molecule has 0 aliphatic rings. The van der Waals surface area contributed by atoms with E-state index in [1.807, 2.05) is 21.1 Å². The summed E-state index contributed by atoms with van der Waals surface area (Å²) in [5, 5.41) is 0. The fourth-order valence-electron chi connectivity index (χ4n) is 8.37. The Morgan fingerprint density at radius 2 is 0.781 bits per heavy atom. The summed E-state index contributed by atoms with van der Waals surface area (Å²) in [5.74, 6) is -0.829. The molecule has 0 rings (SSSR count). The predicted molar refractivity (Wildman–Crippen MR) is 309 cm³/mol. The lowest BCUT2D eigenvalue weighted by atomic mass is 10.0. The number of esters is 2. The Morgan fingerprint density at radius 3 is 1.16 bits per heavy atom. The van der Waals surface area contributed by atoms with Crippen LogP contribution >= 0.6 is 7.82 Å². The van der Waals surface area contributed by atoms with Crippen molar-refractivity contribution in [3.63, 3.8) is 0 Å². The van der Waals surface area contributed by atoms with Gasteiger partial charge in [0.1, 0.15) is 19.8 Å². The first-order valence-corrected chi connectivity index (χ1v) is 31.6. The van der Waals surface area contributed by atoms with E-state index in [1.54, 1.807) is 0 Å². The van der Waals surface area contributed by atoms with Crippen molar-refractivity contribution in [3.8, 4) is 0 Å². The predicted octanol–water partition coefficient (Wildman–Crippen LogP) is 18.2. The molecule has 0 radical (unpaired) electrons. The van der Waals surface area contributed by atoms with E-state index in [2.05, 4.69) is 86.8 Å². The third-order valence-electron chi connectivity index (χ3n) is 13.0. The van der Waals surface area contributed by atoms with Gasteiger partial charge in [0.15, 0.2) is 6.10 Å². The Labute approximate surface area is 450 Å². The number of carbonyl (C=O) groups excluding carboxylic acids is 2. The molecular weight excluding hydrogens is 930 g/mol. The second-order valence-electron chi connectivity index (χ2n) is 21.3. The molecule has 73 heavy (non-hydrogen) atoms. The molecule has 2 unspecified atom stereocenters. The number of ether oxygens (including phenoxy) is 2. The van der Waals surface area contributed by atoms with Crippen LogP contribution in [-0.4, -0.2) is 70.0 Å². The van der Waals surface area contributed by atoms with Crippen molar-refractivity contribution in [3.05, 3.63) is 72.9 Å². The minimum atomic E-state index is -4.62. The Balaban J connectivity index is 3.81. The van der Waals surface area contributed by atoms with Gasteiger partial charge in [0, 0.05) is 12.8 Å². The van der Waals surface area contributed by atoms with E-state index in [9.17, 15) is 19.0 Å². The maximum Gasteiger partial charge on any atom is 0.306 e. The average Bonchev–Trinajstić information content (AvgIpc) is 3.35. The number of quaternary nitrogens is 1. The average molecular weight is 1040 g/mol. The van der Waals surface area contributed by atoms with Crippen molar-refractivity contribution in [2.45, 2.75) is 270 Å². The summed E-state index contributed by atoms with van der Waals surface area (Å²) in [5.41, 5.74) is 0. The molecule has 0 aromatic rings. The molecule has 10 heteroatoms. The number of hydrogen-bond acceptors (Lipinski definition) is 8. The number of likely N-dealkylation sites (N-methyl/N-ethyl adjacent to an activating group) is 1. The van der Waals surface area contributed by atoms with Crippen LogP contribution in [0.5, 0.6) is 0 Å². The topological polar surface area (TPSA) is 111 Å². The maximum atomic E-state index is 12.7. The zero-order valence-corrected chi connectivity index (χ0v) is 49.0. The first-order chi connectivity index (χ1) is 35.5. The number of nitrogens with zero attached hydrogens (tertiary/aromatic N) is 1. The standard InChI is InChI=1S/C63H114NO8P/c1-6-8-10-12-14-16-17-18-19-20-21-22-23-24-25-26-27-28-29-30-31-32-33-34-35-36-37-38-39-40-41-42-43-44-45-46-47-48-50-52-54-56-63(66)72-61(60-71-73(67,68)70-58-57-64(3,4)5)59-69-62(65)55-53-51-49-15-13-11-9-7-2/h8,10,14,16,18-19,21-22,24-25,27-28,61H,6-7,9,11-13,15,17,20,23,26,29-60H2,1-5H3/b10-8-,16-14-,19-18-,22-21-,25-24-,28-27-. The SMILES string of the molecule is CC/C=C\C/C=C\C/C=C\C/C=C\C/C=C\C/C=C\CCCCCCCCCCCCCCCCCCCCCCCCC(=O)OC(COC(=O)CCCCCCCCCC)COP(=O)([O-])OCC[N+](C)(C)C. The van der Waals surface area contributed by atoms with Crippen molar-refractivity contribution in [2.75, 3.05) is 47.5 Å². The van der Waals surface area contributed by atoms with Gasteiger partial charge in [-0.25, -0.2) is 0 Å². The van der Waals surface area contributed by atoms with E-state index < -0.39 is 26.5 Å². The van der Waals surface area contributed by atoms with Gasteiger partial charge in [-0.15, -0.1) is 0 Å². The summed E-state index contributed by atoms with van der Waals surface area (Å²) in [6.45, 7) is 4.10. The van der Waals surface area contributed by atoms with Gasteiger partial charge in [0.2, 0.25) is 0 Å². The summed E-state index contributed by atoms with van der Waals surface area (Å²) < 4.78 is 34.0. The monoisotopic (exact) mass is 1040 g/mol. The molecule has 9 nitrogen and oxygen atoms in total. The quantitative estimate of drug-likeness (QED) is 0.0195. The van der Waals surface area contributed by atoms with Crippen LogP contribution in [0.4, 0.5) is 0 Å². The van der Waals surface area contributed by atoms with E-state index in [0.29, 0.717) is 17.4 Å². The molecule has 0 saturated heterocycles. The van der Waals surface area contributed by atoms with Gasteiger partial charge >= 0.3 is 11.9 Å². The normalized spacial score (nSPS) is 13.8. The molecule has 0 amide bonds. The number of rotatable bonds is 55. The van der Waals surface area contributed by atoms with Gasteiger partial charge in [-0.1, -0.05) is 260 Å². The van der Waals surface area contributed by atoms with Gasteiger partial charge in [-0.2, -0.15) is 0 Å². The molecule has 424 valence electrons. The highest BCUT2D eigenvalue weighted by molar-refractivity contribution is 7.45. The summed E-state index contributed by atoms with van der Waals surface area (Å²) in [6, 6.07) is 0. The lowest BCUT2D eigenvalue weighted by Gasteiger charge is -2.28. The second-order valence-corrected chi connectivity index (χ2v) is 22.8. The molecule has 0 N–H and O–H groups in total. The van der Waals surface area contributed by atoms with E-state index >= 15 is 0 Å². The van der Waals surface area contributed by atoms with E-state index in [-0.39, 0.29) is 32.0 Å². The highest BCUT2D eigenvalue weighted by Crippen LogP contribution is 2.38. The summed E-state index contributed by atoms with van der Waals surface area (Å²) in [4.78, 5) is 37.6. The highest BCUT2D eigenvalue weighted by atomic mass is 31.2. The van der Waals surface area contributed by atoms with Crippen molar-refractivity contribution in [2.24, 2.45) is 0 Å². The van der Waals surface area contributed by atoms with Gasteiger partial charge < -0.3 is 27.9 Å². The van der Waals surface area contributed by atoms with Crippen LogP contribution in [-0.2, 0) is 32.7 Å². The molecule has 0 spiro atoms. The Bertz CT molecular complexity index is 1460. The second kappa shape index (κ2) is 54.2. The molecule has 2 atom stereocenters. The van der Waals surface area contributed by atoms with Crippen molar-refractivity contribution in [1.29, 1.82) is 0 Å². The number of phosphoric ester groups is 1. The van der Waals surface area contributed by atoms with Crippen LogP contribution < -0.4 is 4.89 Å². The Kier molecular flexibility index (Phi) is 52.4. The van der Waals surface area contributed by atoms with Gasteiger partial charge in [0.25, 0.3) is 7.82 Å².